The minimum Gasteiger partial charge on any atom is -0.381 e. The summed E-state index contributed by atoms with van der Waals surface area (Å²) in [5, 5.41) is 0. The highest BCUT2D eigenvalue weighted by molar-refractivity contribution is 7.14. The van der Waals surface area contributed by atoms with Crippen LogP contribution in [0.15, 0.2) is 6.07 Å². The first-order valence-electron chi connectivity index (χ1n) is 7.77. The van der Waals surface area contributed by atoms with E-state index in [1.807, 2.05) is 4.90 Å². The van der Waals surface area contributed by atoms with E-state index in [-0.39, 0.29) is 17.6 Å². The fourth-order valence-electron chi connectivity index (χ4n) is 3.79. The fraction of sp³-hybridized carbons (Fsp3) is 0.688. The van der Waals surface area contributed by atoms with Crippen LogP contribution in [0.5, 0.6) is 0 Å². The van der Waals surface area contributed by atoms with Gasteiger partial charge in [-0.25, -0.2) is 0 Å². The molecule has 1 spiro atoms. The third kappa shape index (κ3) is 2.31. The molecule has 1 aromatic rings. The molecule has 1 amide bonds. The summed E-state index contributed by atoms with van der Waals surface area (Å²) in [5.74, 6) is 0.183. The summed E-state index contributed by atoms with van der Waals surface area (Å²) in [6, 6.07) is 2.11. The Labute approximate surface area is 129 Å². The first-order valence-corrected chi connectivity index (χ1v) is 8.58. The molecule has 2 fully saturated rings. The number of methoxy groups -OCH3 is 1. The molecular formula is C16H21NO3S. The van der Waals surface area contributed by atoms with E-state index in [1.54, 1.807) is 18.4 Å². The van der Waals surface area contributed by atoms with Crippen molar-refractivity contribution in [1.82, 2.24) is 4.90 Å². The second kappa shape index (κ2) is 5.07. The molecule has 1 aromatic heterocycles. The summed E-state index contributed by atoms with van der Waals surface area (Å²) >= 11 is 1.69. The maximum atomic E-state index is 12.6. The number of rotatable bonds is 2. The van der Waals surface area contributed by atoms with Crippen molar-refractivity contribution < 1.29 is 14.3 Å². The van der Waals surface area contributed by atoms with Crippen molar-refractivity contribution in [3.8, 4) is 0 Å². The highest BCUT2D eigenvalue weighted by Crippen LogP contribution is 2.37. The number of carbonyl (C=O) groups excluding carboxylic acids is 1. The van der Waals surface area contributed by atoms with E-state index < -0.39 is 0 Å². The Balaban J connectivity index is 1.41. The van der Waals surface area contributed by atoms with Gasteiger partial charge in [0, 0.05) is 25.0 Å². The summed E-state index contributed by atoms with van der Waals surface area (Å²) < 4.78 is 11.4. The van der Waals surface area contributed by atoms with E-state index in [0.29, 0.717) is 13.1 Å². The van der Waals surface area contributed by atoms with Gasteiger partial charge in [-0.1, -0.05) is 0 Å². The quantitative estimate of drug-likeness (QED) is 0.841. The van der Waals surface area contributed by atoms with E-state index in [9.17, 15) is 4.79 Å². The zero-order chi connectivity index (χ0) is 14.4. The average molecular weight is 307 g/mol. The van der Waals surface area contributed by atoms with Crippen LogP contribution in [0.1, 0.15) is 39.4 Å². The van der Waals surface area contributed by atoms with E-state index in [2.05, 4.69) is 6.07 Å². The smallest absolute Gasteiger partial charge is 0.264 e. The van der Waals surface area contributed by atoms with Crippen LogP contribution in [-0.2, 0) is 22.3 Å². The molecular weight excluding hydrogens is 286 g/mol. The van der Waals surface area contributed by atoms with Gasteiger partial charge < -0.3 is 14.4 Å². The number of fused-ring (bicyclic) bond motifs is 1. The van der Waals surface area contributed by atoms with Crippen LogP contribution >= 0.6 is 11.3 Å². The Bertz CT molecular complexity index is 540. The number of likely N-dealkylation sites (tertiary alicyclic amines) is 1. The van der Waals surface area contributed by atoms with Gasteiger partial charge in [0.1, 0.15) is 5.60 Å². The molecule has 0 aromatic carbocycles. The van der Waals surface area contributed by atoms with E-state index in [1.165, 1.54) is 16.9 Å². The Morgan fingerprint density at radius 1 is 1.48 bits per heavy atom. The Morgan fingerprint density at radius 3 is 3.10 bits per heavy atom. The van der Waals surface area contributed by atoms with Crippen LogP contribution in [0.4, 0.5) is 0 Å². The van der Waals surface area contributed by atoms with Crippen molar-refractivity contribution >= 4 is 17.2 Å². The molecule has 21 heavy (non-hydrogen) atoms. The molecule has 3 heterocycles. The molecule has 0 bridgehead atoms. The molecule has 5 heteroatoms. The maximum Gasteiger partial charge on any atom is 0.264 e. The molecule has 4 rings (SSSR count). The Kier molecular flexibility index (Phi) is 3.32. The van der Waals surface area contributed by atoms with Crippen molar-refractivity contribution in [1.29, 1.82) is 0 Å². The van der Waals surface area contributed by atoms with Gasteiger partial charge in [-0.2, -0.15) is 0 Å². The predicted molar refractivity (Wildman–Crippen MR) is 81.0 cm³/mol. The molecule has 3 aliphatic rings. The summed E-state index contributed by atoms with van der Waals surface area (Å²) in [7, 11) is 1.76. The van der Waals surface area contributed by atoms with E-state index in [0.717, 1.165) is 37.2 Å². The van der Waals surface area contributed by atoms with Gasteiger partial charge in [0.05, 0.1) is 24.1 Å². The van der Waals surface area contributed by atoms with Crippen LogP contribution in [0.2, 0.25) is 0 Å². The number of thiophene rings is 1. The van der Waals surface area contributed by atoms with Crippen LogP contribution in [0.25, 0.3) is 0 Å². The third-order valence-corrected chi connectivity index (χ3v) is 6.21. The summed E-state index contributed by atoms with van der Waals surface area (Å²) in [5.41, 5.74) is 1.25. The van der Waals surface area contributed by atoms with Gasteiger partial charge in [-0.3, -0.25) is 4.79 Å². The number of carbonyl (C=O) groups is 1. The van der Waals surface area contributed by atoms with Crippen LogP contribution in [0, 0.1) is 0 Å². The van der Waals surface area contributed by atoms with Gasteiger partial charge in [-0.05, 0) is 37.3 Å². The zero-order valence-electron chi connectivity index (χ0n) is 12.4. The van der Waals surface area contributed by atoms with Gasteiger partial charge >= 0.3 is 0 Å². The monoisotopic (exact) mass is 307 g/mol. The minimum absolute atomic E-state index is 0.144. The van der Waals surface area contributed by atoms with Gasteiger partial charge in [-0.15, -0.1) is 11.3 Å². The number of hydrogen-bond acceptors (Lipinski definition) is 4. The van der Waals surface area contributed by atoms with Crippen molar-refractivity contribution in [2.45, 2.75) is 43.8 Å². The minimum atomic E-state index is -0.144. The molecule has 1 aliphatic carbocycles. The third-order valence-electron chi connectivity index (χ3n) is 4.98. The standard InChI is InChI=1S/C16H21NO3S/c1-19-12-5-6-20-16(8-12)9-17(10-16)15(18)14-7-11-3-2-4-13(11)21-14/h7,12H,2-6,8-10H2,1H3/t12-/m0/s1. The molecule has 2 saturated heterocycles. The number of hydrogen-bond donors (Lipinski definition) is 0. The molecule has 1 atom stereocenters. The summed E-state index contributed by atoms with van der Waals surface area (Å²) in [4.78, 5) is 16.8. The van der Waals surface area contributed by atoms with Crippen molar-refractivity contribution in [2.75, 3.05) is 26.8 Å². The molecule has 0 radical (unpaired) electrons. The maximum absolute atomic E-state index is 12.6. The molecule has 4 nitrogen and oxygen atoms in total. The molecule has 0 N–H and O–H groups in total. The lowest BCUT2D eigenvalue weighted by Gasteiger charge is -2.52. The SMILES string of the molecule is CO[C@H]1CCOC2(C1)CN(C(=O)c1cc3c(s1)CCC3)C2. The van der Waals surface area contributed by atoms with Crippen molar-refractivity contribution in [2.24, 2.45) is 0 Å². The first-order chi connectivity index (χ1) is 10.2. The largest absolute Gasteiger partial charge is 0.381 e. The normalized spacial score (nSPS) is 26.7. The number of nitrogens with zero attached hydrogens (tertiary/aromatic N) is 1. The van der Waals surface area contributed by atoms with E-state index >= 15 is 0 Å². The van der Waals surface area contributed by atoms with Gasteiger partial charge in [0.15, 0.2) is 0 Å². The molecule has 0 unspecified atom stereocenters. The predicted octanol–water partition coefficient (Wildman–Crippen LogP) is 2.26. The lowest BCUT2D eigenvalue weighted by atomic mass is 9.84. The van der Waals surface area contributed by atoms with Gasteiger partial charge in [0.2, 0.25) is 0 Å². The first kappa shape index (κ1) is 13.7. The Morgan fingerprint density at radius 2 is 2.33 bits per heavy atom. The van der Waals surface area contributed by atoms with Gasteiger partial charge in [0.25, 0.3) is 5.91 Å². The van der Waals surface area contributed by atoms with Crippen LogP contribution in [-0.4, -0.2) is 49.3 Å². The second-order valence-electron chi connectivity index (χ2n) is 6.46. The second-order valence-corrected chi connectivity index (χ2v) is 7.59. The fourth-order valence-corrected chi connectivity index (χ4v) is 5.01. The summed E-state index contributed by atoms with van der Waals surface area (Å²) in [6.45, 7) is 2.18. The van der Waals surface area contributed by atoms with E-state index in [4.69, 9.17) is 9.47 Å². The molecule has 0 saturated carbocycles. The zero-order valence-corrected chi connectivity index (χ0v) is 13.2. The Hall–Kier alpha value is -0.910. The van der Waals surface area contributed by atoms with Crippen LogP contribution < -0.4 is 0 Å². The highest BCUT2D eigenvalue weighted by atomic mass is 32.1. The lowest BCUT2D eigenvalue weighted by Crippen LogP contribution is -2.67. The average Bonchev–Trinajstić information content (AvgIpc) is 3.05. The van der Waals surface area contributed by atoms with Crippen LogP contribution in [0.3, 0.4) is 0 Å². The topological polar surface area (TPSA) is 38.8 Å². The molecule has 2 aliphatic heterocycles. The number of ether oxygens (including phenoxy) is 2. The highest BCUT2D eigenvalue weighted by Gasteiger charge is 2.49. The lowest BCUT2D eigenvalue weighted by molar-refractivity contribution is -0.181. The van der Waals surface area contributed by atoms with Crippen molar-refractivity contribution in [3.05, 3.63) is 21.4 Å². The molecule has 114 valence electrons. The van der Waals surface area contributed by atoms with Crippen molar-refractivity contribution in [3.63, 3.8) is 0 Å². The number of aryl methyl sites for hydroxylation is 2. The summed E-state index contributed by atoms with van der Waals surface area (Å²) in [6.07, 6.45) is 5.69. The number of amides is 1.